The van der Waals surface area contributed by atoms with Gasteiger partial charge in [-0.15, -0.1) is 0 Å². The van der Waals surface area contributed by atoms with E-state index in [-0.39, 0.29) is 5.69 Å². The number of nitrogens with zero attached hydrogens (tertiary/aromatic N) is 1. The summed E-state index contributed by atoms with van der Waals surface area (Å²) in [6.07, 6.45) is 0. The summed E-state index contributed by atoms with van der Waals surface area (Å²) in [4.78, 5) is 10.1. The molecule has 0 aliphatic heterocycles. The molecule has 0 radical (unpaired) electrons. The fourth-order valence-electron chi connectivity index (χ4n) is 2.05. The third-order valence-electron chi connectivity index (χ3n) is 3.20. The molecule has 0 heterocycles. The molecule has 0 spiro atoms. The number of non-ortho nitro benzene ring substituents is 1. The first-order valence-electron chi connectivity index (χ1n) is 6.73. The van der Waals surface area contributed by atoms with Crippen molar-refractivity contribution in [3.8, 4) is 0 Å². The molecule has 2 aromatic carbocycles. The van der Waals surface area contributed by atoms with Gasteiger partial charge in [-0.25, -0.2) is 4.39 Å². The smallest absolute Gasteiger partial charge is 0.272 e. The molecule has 0 atom stereocenters. The van der Waals surface area contributed by atoms with Crippen molar-refractivity contribution in [3.05, 3.63) is 69.5 Å². The molecule has 21 heavy (non-hydrogen) atoms. The van der Waals surface area contributed by atoms with Gasteiger partial charge in [-0.1, -0.05) is 26.0 Å². The molecule has 0 aliphatic carbocycles. The van der Waals surface area contributed by atoms with E-state index in [9.17, 15) is 14.5 Å². The molecule has 1 N–H and O–H groups in total. The summed E-state index contributed by atoms with van der Waals surface area (Å²) in [5.74, 6) is -0.182. The largest absolute Gasteiger partial charge is 0.381 e. The normalized spacial score (nSPS) is 10.7. The van der Waals surface area contributed by atoms with E-state index in [1.807, 2.05) is 24.3 Å². The summed E-state index contributed by atoms with van der Waals surface area (Å²) in [5.41, 5.74) is 2.41. The molecule has 0 bridgehead atoms. The van der Waals surface area contributed by atoms with Crippen molar-refractivity contribution in [2.75, 3.05) is 5.32 Å². The van der Waals surface area contributed by atoms with Gasteiger partial charge in [0.05, 0.1) is 11.0 Å². The van der Waals surface area contributed by atoms with Gasteiger partial charge in [-0.2, -0.15) is 0 Å². The van der Waals surface area contributed by atoms with Crippen molar-refractivity contribution in [3.63, 3.8) is 0 Å². The summed E-state index contributed by atoms with van der Waals surface area (Å²) in [7, 11) is 0. The van der Waals surface area contributed by atoms with Crippen LogP contribution in [0, 0.1) is 15.9 Å². The van der Waals surface area contributed by atoms with Crippen LogP contribution in [0.25, 0.3) is 0 Å². The van der Waals surface area contributed by atoms with E-state index in [1.54, 1.807) is 0 Å². The molecule has 0 amide bonds. The average molecular weight is 288 g/mol. The number of nitro groups is 1. The van der Waals surface area contributed by atoms with Crippen molar-refractivity contribution in [2.45, 2.75) is 26.3 Å². The zero-order valence-electron chi connectivity index (χ0n) is 12.0. The number of benzene rings is 2. The number of hydrogen-bond donors (Lipinski definition) is 1. The van der Waals surface area contributed by atoms with E-state index in [1.165, 1.54) is 17.7 Å². The van der Waals surface area contributed by atoms with Crippen LogP contribution in [0.3, 0.4) is 0 Å². The Bertz CT molecular complexity index is 656. The van der Waals surface area contributed by atoms with E-state index >= 15 is 0 Å². The second kappa shape index (κ2) is 6.35. The van der Waals surface area contributed by atoms with Gasteiger partial charge in [0.25, 0.3) is 5.69 Å². The standard InChI is InChI=1S/C16H17FN2O2/c1-11(2)13-4-3-5-15(8-13)18-10-12-6-14(17)9-16(7-12)19(20)21/h3-9,11,18H,10H2,1-2H3. The molecule has 0 aliphatic rings. The van der Waals surface area contributed by atoms with Gasteiger partial charge in [0.1, 0.15) is 5.82 Å². The minimum absolute atomic E-state index is 0.234. The lowest BCUT2D eigenvalue weighted by Gasteiger charge is -2.10. The maximum Gasteiger partial charge on any atom is 0.272 e. The van der Waals surface area contributed by atoms with Gasteiger partial charge in [0.15, 0.2) is 0 Å². The Kier molecular flexibility index (Phi) is 4.52. The fraction of sp³-hybridized carbons (Fsp3) is 0.250. The van der Waals surface area contributed by atoms with Crippen molar-refractivity contribution in [1.82, 2.24) is 0 Å². The SMILES string of the molecule is CC(C)c1cccc(NCc2cc(F)cc([N+](=O)[O-])c2)c1. The van der Waals surface area contributed by atoms with Crippen LogP contribution in [0.4, 0.5) is 15.8 Å². The van der Waals surface area contributed by atoms with Crippen LogP contribution in [0.15, 0.2) is 42.5 Å². The predicted molar refractivity (Wildman–Crippen MR) is 80.9 cm³/mol. The van der Waals surface area contributed by atoms with Crippen LogP contribution in [-0.4, -0.2) is 4.92 Å². The van der Waals surface area contributed by atoms with Gasteiger partial charge >= 0.3 is 0 Å². The van der Waals surface area contributed by atoms with Crippen LogP contribution in [0.1, 0.15) is 30.9 Å². The lowest BCUT2D eigenvalue weighted by molar-refractivity contribution is -0.385. The molecule has 4 nitrogen and oxygen atoms in total. The lowest BCUT2D eigenvalue weighted by atomic mass is 10.0. The van der Waals surface area contributed by atoms with Gasteiger partial charge in [-0.05, 0) is 35.2 Å². The topological polar surface area (TPSA) is 55.2 Å². The van der Waals surface area contributed by atoms with Crippen molar-refractivity contribution >= 4 is 11.4 Å². The Hall–Kier alpha value is -2.43. The van der Waals surface area contributed by atoms with E-state index in [0.29, 0.717) is 18.0 Å². The van der Waals surface area contributed by atoms with E-state index in [2.05, 4.69) is 19.2 Å². The molecule has 2 rings (SSSR count). The summed E-state index contributed by atoms with van der Waals surface area (Å²) >= 11 is 0. The van der Waals surface area contributed by atoms with E-state index in [4.69, 9.17) is 0 Å². The zero-order chi connectivity index (χ0) is 15.4. The molecular formula is C16H17FN2O2. The fourth-order valence-corrected chi connectivity index (χ4v) is 2.05. The van der Waals surface area contributed by atoms with Crippen LogP contribution < -0.4 is 5.32 Å². The molecule has 110 valence electrons. The van der Waals surface area contributed by atoms with Crippen LogP contribution in [0.5, 0.6) is 0 Å². The Morgan fingerprint density at radius 1 is 1.24 bits per heavy atom. The number of anilines is 1. The molecule has 0 saturated carbocycles. The summed E-state index contributed by atoms with van der Waals surface area (Å²) in [5, 5.41) is 13.9. The van der Waals surface area contributed by atoms with Crippen molar-refractivity contribution in [1.29, 1.82) is 0 Å². The van der Waals surface area contributed by atoms with Gasteiger partial charge in [0, 0.05) is 18.3 Å². The molecule has 0 aromatic heterocycles. The Morgan fingerprint density at radius 3 is 2.67 bits per heavy atom. The third-order valence-corrected chi connectivity index (χ3v) is 3.20. The number of halogens is 1. The molecule has 2 aromatic rings. The summed E-state index contributed by atoms with van der Waals surface area (Å²) in [6.45, 7) is 4.55. The third kappa shape index (κ3) is 4.02. The van der Waals surface area contributed by atoms with Crippen molar-refractivity contribution < 1.29 is 9.31 Å². The summed E-state index contributed by atoms with van der Waals surface area (Å²) < 4.78 is 13.4. The predicted octanol–water partition coefficient (Wildman–Crippen LogP) is 4.47. The lowest BCUT2D eigenvalue weighted by Crippen LogP contribution is -2.02. The van der Waals surface area contributed by atoms with Gasteiger partial charge in [-0.3, -0.25) is 10.1 Å². The maximum atomic E-state index is 13.4. The Balaban J connectivity index is 2.13. The van der Waals surface area contributed by atoms with E-state index < -0.39 is 10.7 Å². The first-order valence-corrected chi connectivity index (χ1v) is 6.73. The molecule has 5 heteroatoms. The monoisotopic (exact) mass is 288 g/mol. The molecule has 0 saturated heterocycles. The Morgan fingerprint density at radius 2 is 2.00 bits per heavy atom. The first-order chi connectivity index (χ1) is 9.95. The maximum absolute atomic E-state index is 13.4. The van der Waals surface area contributed by atoms with Crippen LogP contribution in [0.2, 0.25) is 0 Å². The average Bonchev–Trinajstić information content (AvgIpc) is 2.45. The number of nitro benzene ring substituents is 1. The number of nitrogens with one attached hydrogen (secondary N) is 1. The highest BCUT2D eigenvalue weighted by Gasteiger charge is 2.09. The molecular weight excluding hydrogens is 271 g/mol. The van der Waals surface area contributed by atoms with E-state index in [0.717, 1.165) is 11.8 Å². The minimum atomic E-state index is -0.600. The van der Waals surface area contributed by atoms with Crippen LogP contribution in [-0.2, 0) is 6.54 Å². The summed E-state index contributed by atoms with van der Waals surface area (Å²) in [6, 6.07) is 11.5. The second-order valence-electron chi connectivity index (χ2n) is 5.21. The Labute approximate surface area is 122 Å². The number of rotatable bonds is 5. The highest BCUT2D eigenvalue weighted by atomic mass is 19.1. The quantitative estimate of drug-likeness (QED) is 0.652. The second-order valence-corrected chi connectivity index (χ2v) is 5.21. The minimum Gasteiger partial charge on any atom is -0.381 e. The van der Waals surface area contributed by atoms with Crippen LogP contribution >= 0.6 is 0 Å². The zero-order valence-corrected chi connectivity index (χ0v) is 12.0. The molecule has 0 unspecified atom stereocenters. The van der Waals surface area contributed by atoms with Crippen molar-refractivity contribution in [2.24, 2.45) is 0 Å². The molecule has 0 fully saturated rings. The highest BCUT2D eigenvalue weighted by molar-refractivity contribution is 5.47. The van der Waals surface area contributed by atoms with Gasteiger partial charge < -0.3 is 5.32 Å². The first kappa shape index (κ1) is 15.0. The number of hydrogen-bond acceptors (Lipinski definition) is 3. The van der Waals surface area contributed by atoms with Gasteiger partial charge in [0.2, 0.25) is 0 Å². The highest BCUT2D eigenvalue weighted by Crippen LogP contribution is 2.20.